The molecule has 1 atom stereocenters. The number of rotatable bonds is 9. The largest absolute Gasteiger partial charge is 0.494 e. The minimum atomic E-state index is -0.755. The zero-order chi connectivity index (χ0) is 20.6. The van der Waals surface area contributed by atoms with E-state index in [1.165, 1.54) is 6.92 Å². The van der Waals surface area contributed by atoms with Crippen molar-refractivity contribution in [3.63, 3.8) is 0 Å². The van der Waals surface area contributed by atoms with Crippen LogP contribution in [0.15, 0.2) is 66.7 Å². The standard InChI is InChI=1S/C24H25NO4/c1-17(26)19-8-4-9-22(15-19)29-13-5-10-24(28)25-16-23(27)21-12-11-18-6-2-3-7-20(18)14-21/h2-4,6-9,11-12,14-15,23,27H,5,10,13,16H2,1H3,(H,25,28). The predicted molar refractivity (Wildman–Crippen MR) is 113 cm³/mol. The van der Waals surface area contributed by atoms with Crippen molar-refractivity contribution in [3.8, 4) is 5.75 Å². The number of fused-ring (bicyclic) bond motifs is 1. The van der Waals surface area contributed by atoms with Crippen molar-refractivity contribution >= 4 is 22.5 Å². The van der Waals surface area contributed by atoms with Gasteiger partial charge in [0.1, 0.15) is 5.75 Å². The van der Waals surface area contributed by atoms with Crippen LogP contribution in [-0.4, -0.2) is 29.9 Å². The van der Waals surface area contributed by atoms with E-state index < -0.39 is 6.10 Å². The third kappa shape index (κ3) is 5.90. The second kappa shape index (κ2) is 9.85. The first kappa shape index (κ1) is 20.6. The maximum Gasteiger partial charge on any atom is 0.220 e. The maximum absolute atomic E-state index is 12.0. The van der Waals surface area contributed by atoms with Gasteiger partial charge < -0.3 is 15.2 Å². The van der Waals surface area contributed by atoms with E-state index in [0.717, 1.165) is 16.3 Å². The Hall–Kier alpha value is -3.18. The molecule has 3 aromatic rings. The number of ketones is 1. The number of carbonyl (C=O) groups is 2. The number of nitrogens with one attached hydrogen (secondary N) is 1. The Bertz CT molecular complexity index is 999. The fraction of sp³-hybridized carbons (Fsp3) is 0.250. The fourth-order valence-corrected chi connectivity index (χ4v) is 3.06. The molecule has 0 aliphatic carbocycles. The van der Waals surface area contributed by atoms with Gasteiger partial charge in [0, 0.05) is 18.5 Å². The summed E-state index contributed by atoms with van der Waals surface area (Å²) in [6.07, 6.45) is 0.0908. The van der Waals surface area contributed by atoms with E-state index in [9.17, 15) is 14.7 Å². The monoisotopic (exact) mass is 391 g/mol. The van der Waals surface area contributed by atoms with Gasteiger partial charge in [0.15, 0.2) is 5.78 Å². The van der Waals surface area contributed by atoms with Gasteiger partial charge in [-0.25, -0.2) is 0 Å². The molecule has 150 valence electrons. The third-order valence-electron chi connectivity index (χ3n) is 4.71. The minimum absolute atomic E-state index is 0.0141. The average Bonchev–Trinajstić information content (AvgIpc) is 2.75. The normalized spacial score (nSPS) is 11.8. The third-order valence-corrected chi connectivity index (χ3v) is 4.71. The summed E-state index contributed by atoms with van der Waals surface area (Å²) in [6.45, 7) is 2.05. The summed E-state index contributed by atoms with van der Waals surface area (Å²) in [4.78, 5) is 23.4. The molecule has 0 aliphatic heterocycles. The van der Waals surface area contributed by atoms with Crippen LogP contribution in [0.5, 0.6) is 5.75 Å². The molecule has 0 aliphatic rings. The van der Waals surface area contributed by atoms with Crippen LogP contribution in [0.2, 0.25) is 0 Å². The lowest BCUT2D eigenvalue weighted by molar-refractivity contribution is -0.121. The van der Waals surface area contributed by atoms with Gasteiger partial charge >= 0.3 is 0 Å². The van der Waals surface area contributed by atoms with Crippen molar-refractivity contribution in [2.75, 3.05) is 13.2 Å². The van der Waals surface area contributed by atoms with Crippen LogP contribution in [0.25, 0.3) is 10.8 Å². The molecule has 0 saturated heterocycles. The number of amides is 1. The van der Waals surface area contributed by atoms with E-state index in [4.69, 9.17) is 4.74 Å². The van der Waals surface area contributed by atoms with Crippen molar-refractivity contribution in [1.29, 1.82) is 0 Å². The summed E-state index contributed by atoms with van der Waals surface area (Å²) < 4.78 is 5.60. The molecule has 2 N–H and O–H groups in total. The van der Waals surface area contributed by atoms with E-state index in [1.54, 1.807) is 24.3 Å². The molecule has 0 bridgehead atoms. The highest BCUT2D eigenvalue weighted by Crippen LogP contribution is 2.20. The zero-order valence-electron chi connectivity index (χ0n) is 16.4. The molecule has 0 heterocycles. The molecule has 1 amide bonds. The fourth-order valence-electron chi connectivity index (χ4n) is 3.06. The lowest BCUT2D eigenvalue weighted by Crippen LogP contribution is -2.28. The molecular formula is C24H25NO4. The second-order valence-corrected chi connectivity index (χ2v) is 6.96. The van der Waals surface area contributed by atoms with Crippen LogP contribution in [0.4, 0.5) is 0 Å². The molecule has 3 rings (SSSR count). The van der Waals surface area contributed by atoms with Crippen molar-refractivity contribution in [2.24, 2.45) is 0 Å². The highest BCUT2D eigenvalue weighted by Gasteiger charge is 2.10. The number of aliphatic hydroxyl groups excluding tert-OH is 1. The number of Topliss-reactive ketones (excluding diaryl/α,β-unsaturated/α-hetero) is 1. The molecule has 0 spiro atoms. The van der Waals surface area contributed by atoms with Crippen molar-refractivity contribution in [3.05, 3.63) is 77.9 Å². The summed E-state index contributed by atoms with van der Waals surface area (Å²) in [6, 6.07) is 20.7. The molecule has 5 nitrogen and oxygen atoms in total. The van der Waals surface area contributed by atoms with Crippen LogP contribution >= 0.6 is 0 Å². The van der Waals surface area contributed by atoms with Gasteiger partial charge in [-0.3, -0.25) is 9.59 Å². The summed E-state index contributed by atoms with van der Waals surface area (Å²) in [5, 5.41) is 15.3. The van der Waals surface area contributed by atoms with E-state index in [2.05, 4.69) is 5.32 Å². The number of hydrogen-bond donors (Lipinski definition) is 2. The second-order valence-electron chi connectivity index (χ2n) is 6.96. The van der Waals surface area contributed by atoms with Crippen LogP contribution in [0, 0.1) is 0 Å². The minimum Gasteiger partial charge on any atom is -0.494 e. The van der Waals surface area contributed by atoms with Crippen LogP contribution in [0.1, 0.15) is 41.8 Å². The number of aliphatic hydroxyl groups is 1. The SMILES string of the molecule is CC(=O)c1cccc(OCCCC(=O)NCC(O)c2ccc3ccccc3c2)c1. The van der Waals surface area contributed by atoms with E-state index in [-0.39, 0.29) is 18.2 Å². The van der Waals surface area contributed by atoms with Gasteiger partial charge in [-0.2, -0.15) is 0 Å². The molecule has 0 radical (unpaired) electrons. The van der Waals surface area contributed by atoms with E-state index >= 15 is 0 Å². The Kier molecular flexibility index (Phi) is 6.98. The summed E-state index contributed by atoms with van der Waals surface area (Å²) in [7, 11) is 0. The highest BCUT2D eigenvalue weighted by atomic mass is 16.5. The molecule has 0 aromatic heterocycles. The summed E-state index contributed by atoms with van der Waals surface area (Å²) >= 11 is 0. The van der Waals surface area contributed by atoms with Crippen LogP contribution in [0.3, 0.4) is 0 Å². The Morgan fingerprint density at radius 1 is 1.00 bits per heavy atom. The maximum atomic E-state index is 12.0. The van der Waals surface area contributed by atoms with Gasteiger partial charge in [0.25, 0.3) is 0 Å². The van der Waals surface area contributed by atoms with Gasteiger partial charge in [0.05, 0.1) is 12.7 Å². The van der Waals surface area contributed by atoms with Crippen molar-refractivity contribution in [2.45, 2.75) is 25.9 Å². The Balaban J connectivity index is 1.40. The van der Waals surface area contributed by atoms with Crippen LogP contribution < -0.4 is 10.1 Å². The van der Waals surface area contributed by atoms with Gasteiger partial charge in [-0.1, -0.05) is 48.5 Å². The number of benzene rings is 3. The average molecular weight is 391 g/mol. The summed E-state index contributed by atoms with van der Waals surface area (Å²) in [5.41, 5.74) is 1.38. The Labute approximate surface area is 170 Å². The first-order valence-electron chi connectivity index (χ1n) is 9.70. The lowest BCUT2D eigenvalue weighted by atomic mass is 10.0. The molecular weight excluding hydrogens is 366 g/mol. The van der Waals surface area contributed by atoms with Crippen molar-refractivity contribution in [1.82, 2.24) is 5.32 Å². The number of ether oxygens (including phenoxy) is 1. The van der Waals surface area contributed by atoms with Gasteiger partial charge in [-0.05, 0) is 47.9 Å². The Morgan fingerprint density at radius 2 is 1.79 bits per heavy atom. The van der Waals surface area contributed by atoms with Crippen molar-refractivity contribution < 1.29 is 19.4 Å². The summed E-state index contributed by atoms with van der Waals surface area (Å²) in [5.74, 6) is 0.468. The lowest BCUT2D eigenvalue weighted by Gasteiger charge is -2.13. The molecule has 29 heavy (non-hydrogen) atoms. The molecule has 0 fully saturated rings. The van der Waals surface area contributed by atoms with Gasteiger partial charge in [-0.15, -0.1) is 0 Å². The number of hydrogen-bond acceptors (Lipinski definition) is 4. The van der Waals surface area contributed by atoms with Crippen LogP contribution in [-0.2, 0) is 4.79 Å². The molecule has 3 aromatic carbocycles. The smallest absolute Gasteiger partial charge is 0.220 e. The predicted octanol–water partition coefficient (Wildman–Crippen LogP) is 4.05. The molecule has 0 saturated carbocycles. The highest BCUT2D eigenvalue weighted by molar-refractivity contribution is 5.94. The topological polar surface area (TPSA) is 75.6 Å². The Morgan fingerprint density at radius 3 is 2.59 bits per heavy atom. The molecule has 1 unspecified atom stereocenters. The van der Waals surface area contributed by atoms with E-state index in [0.29, 0.717) is 30.8 Å². The first-order valence-corrected chi connectivity index (χ1v) is 9.70. The number of carbonyl (C=O) groups excluding carboxylic acids is 2. The van der Waals surface area contributed by atoms with Gasteiger partial charge in [0.2, 0.25) is 5.91 Å². The zero-order valence-corrected chi connectivity index (χ0v) is 16.4. The quantitative estimate of drug-likeness (QED) is 0.426. The molecule has 5 heteroatoms. The van der Waals surface area contributed by atoms with E-state index in [1.807, 2.05) is 42.5 Å². The first-order chi connectivity index (χ1) is 14.0.